The molecule has 1 aromatic rings. The summed E-state index contributed by atoms with van der Waals surface area (Å²) in [6.45, 7) is 3.76. The van der Waals surface area contributed by atoms with Crippen molar-refractivity contribution in [3.63, 3.8) is 0 Å². The van der Waals surface area contributed by atoms with Crippen LogP contribution in [-0.4, -0.2) is 53.2 Å². The van der Waals surface area contributed by atoms with E-state index >= 15 is 0 Å². The van der Waals surface area contributed by atoms with Crippen molar-refractivity contribution in [2.45, 2.75) is 19.6 Å². The highest BCUT2D eigenvalue weighted by Gasteiger charge is 2.10. The van der Waals surface area contributed by atoms with E-state index < -0.39 is 6.10 Å². The summed E-state index contributed by atoms with van der Waals surface area (Å²) in [7, 11) is 5.48. The van der Waals surface area contributed by atoms with Crippen molar-refractivity contribution in [1.29, 1.82) is 0 Å². The van der Waals surface area contributed by atoms with Gasteiger partial charge >= 0.3 is 0 Å². The third-order valence-corrected chi connectivity index (χ3v) is 2.44. The molecule has 1 aromatic heterocycles. The Hall–Kier alpha value is -0.910. The molecule has 0 aliphatic carbocycles. The molecule has 0 aliphatic rings. The summed E-state index contributed by atoms with van der Waals surface area (Å²) in [6.07, 6.45) is 1.57. The summed E-state index contributed by atoms with van der Waals surface area (Å²) < 4.78 is 6.70. The number of aliphatic hydroxyl groups excluding tert-OH is 1. The van der Waals surface area contributed by atoms with Crippen LogP contribution >= 0.6 is 0 Å². The fraction of sp³-hybridized carbons (Fsp3) is 0.727. The average Bonchev–Trinajstić information content (AvgIpc) is 2.44. The smallest absolute Gasteiger partial charge is 0.0900 e. The summed E-state index contributed by atoms with van der Waals surface area (Å²) in [4.78, 5) is 2.06. The van der Waals surface area contributed by atoms with Crippen molar-refractivity contribution in [2.24, 2.45) is 7.05 Å². The first-order chi connectivity index (χ1) is 7.52. The third kappa shape index (κ3) is 3.92. The van der Waals surface area contributed by atoms with Gasteiger partial charge in [-0.25, -0.2) is 0 Å². The zero-order valence-corrected chi connectivity index (χ0v) is 10.5. The molecule has 5 nitrogen and oxygen atoms in total. The zero-order chi connectivity index (χ0) is 12.1. The van der Waals surface area contributed by atoms with E-state index in [9.17, 15) is 5.11 Å². The number of methoxy groups -OCH3 is 1. The van der Waals surface area contributed by atoms with E-state index in [1.54, 1.807) is 7.11 Å². The Morgan fingerprint density at radius 3 is 2.81 bits per heavy atom. The van der Waals surface area contributed by atoms with E-state index in [2.05, 4.69) is 10.00 Å². The lowest BCUT2D eigenvalue weighted by Gasteiger charge is -2.19. The highest BCUT2D eigenvalue weighted by molar-refractivity contribution is 5.14. The van der Waals surface area contributed by atoms with E-state index in [1.165, 1.54) is 5.56 Å². The SMILES string of the molecule is COCC(O)CN(C)Cc1cn(C)nc1C. The summed E-state index contributed by atoms with van der Waals surface area (Å²) in [6, 6.07) is 0. The molecular formula is C11H21N3O2. The first-order valence-corrected chi connectivity index (χ1v) is 5.37. The van der Waals surface area contributed by atoms with Crippen LogP contribution in [0.25, 0.3) is 0 Å². The van der Waals surface area contributed by atoms with Gasteiger partial charge in [-0.3, -0.25) is 9.58 Å². The predicted molar refractivity (Wildman–Crippen MR) is 62.2 cm³/mol. The number of hydrogen-bond acceptors (Lipinski definition) is 4. The van der Waals surface area contributed by atoms with Crippen LogP contribution in [0.3, 0.4) is 0 Å². The Kier molecular flexibility index (Phi) is 4.92. The van der Waals surface area contributed by atoms with Crippen molar-refractivity contribution in [2.75, 3.05) is 27.3 Å². The van der Waals surface area contributed by atoms with Crippen LogP contribution in [0.5, 0.6) is 0 Å². The van der Waals surface area contributed by atoms with Crippen LogP contribution < -0.4 is 0 Å². The predicted octanol–water partition coefficient (Wildman–Crippen LogP) is 0.168. The van der Waals surface area contributed by atoms with E-state index in [-0.39, 0.29) is 0 Å². The Balaban J connectivity index is 2.45. The van der Waals surface area contributed by atoms with Crippen molar-refractivity contribution < 1.29 is 9.84 Å². The average molecular weight is 227 g/mol. The van der Waals surface area contributed by atoms with Gasteiger partial charge in [-0.05, 0) is 14.0 Å². The van der Waals surface area contributed by atoms with E-state index in [0.717, 1.165) is 12.2 Å². The van der Waals surface area contributed by atoms with Gasteiger partial charge in [-0.15, -0.1) is 0 Å². The first-order valence-electron chi connectivity index (χ1n) is 5.37. The minimum atomic E-state index is -0.438. The normalized spacial score (nSPS) is 13.4. The molecule has 0 saturated carbocycles. The molecule has 1 N–H and O–H groups in total. The molecule has 0 bridgehead atoms. The molecule has 0 radical (unpaired) electrons. The van der Waals surface area contributed by atoms with Crippen LogP contribution in [0.15, 0.2) is 6.20 Å². The number of likely N-dealkylation sites (N-methyl/N-ethyl adjacent to an activating group) is 1. The van der Waals surface area contributed by atoms with Gasteiger partial charge in [0, 0.05) is 39.0 Å². The first kappa shape index (κ1) is 13.2. The van der Waals surface area contributed by atoms with Crippen molar-refractivity contribution in [1.82, 2.24) is 14.7 Å². The third-order valence-electron chi connectivity index (χ3n) is 2.44. The van der Waals surface area contributed by atoms with Crippen LogP contribution in [0.1, 0.15) is 11.3 Å². The lowest BCUT2D eigenvalue weighted by Crippen LogP contribution is -2.31. The van der Waals surface area contributed by atoms with Gasteiger partial charge in [-0.1, -0.05) is 0 Å². The Bertz CT molecular complexity index is 325. The maximum atomic E-state index is 9.58. The number of ether oxygens (including phenoxy) is 1. The minimum absolute atomic E-state index is 0.371. The second-order valence-corrected chi connectivity index (χ2v) is 4.22. The van der Waals surface area contributed by atoms with Gasteiger partial charge in [0.15, 0.2) is 0 Å². The summed E-state index contributed by atoms with van der Waals surface area (Å²) in [5.74, 6) is 0. The number of rotatable bonds is 6. The van der Waals surface area contributed by atoms with E-state index in [1.807, 2.05) is 31.9 Å². The largest absolute Gasteiger partial charge is 0.389 e. The minimum Gasteiger partial charge on any atom is -0.389 e. The molecule has 1 atom stereocenters. The fourth-order valence-corrected chi connectivity index (χ4v) is 1.76. The Morgan fingerprint density at radius 1 is 1.62 bits per heavy atom. The van der Waals surface area contributed by atoms with Crippen LogP contribution in [0.2, 0.25) is 0 Å². The zero-order valence-electron chi connectivity index (χ0n) is 10.5. The summed E-state index contributed by atoms with van der Waals surface area (Å²) >= 11 is 0. The van der Waals surface area contributed by atoms with Gasteiger partial charge in [0.25, 0.3) is 0 Å². The quantitative estimate of drug-likeness (QED) is 0.752. The molecular weight excluding hydrogens is 206 g/mol. The standard InChI is InChI=1S/C11H21N3O2/c1-9-10(6-14(3)12-9)5-13(2)7-11(15)8-16-4/h6,11,15H,5,7-8H2,1-4H3. The maximum Gasteiger partial charge on any atom is 0.0900 e. The summed E-state index contributed by atoms with van der Waals surface area (Å²) in [5, 5.41) is 13.9. The molecule has 92 valence electrons. The summed E-state index contributed by atoms with van der Waals surface area (Å²) in [5.41, 5.74) is 2.23. The maximum absolute atomic E-state index is 9.58. The molecule has 0 spiro atoms. The van der Waals surface area contributed by atoms with Gasteiger partial charge in [0.05, 0.1) is 18.4 Å². The van der Waals surface area contributed by atoms with Gasteiger partial charge in [0.1, 0.15) is 0 Å². The van der Waals surface area contributed by atoms with Crippen LogP contribution in [0, 0.1) is 6.92 Å². The molecule has 1 rings (SSSR count). The Labute approximate surface area is 96.6 Å². The van der Waals surface area contributed by atoms with E-state index in [4.69, 9.17) is 4.74 Å². The number of aliphatic hydroxyl groups is 1. The number of hydrogen-bond donors (Lipinski definition) is 1. The van der Waals surface area contributed by atoms with E-state index in [0.29, 0.717) is 13.2 Å². The molecule has 5 heteroatoms. The molecule has 0 fully saturated rings. The second-order valence-electron chi connectivity index (χ2n) is 4.22. The molecule has 16 heavy (non-hydrogen) atoms. The monoisotopic (exact) mass is 227 g/mol. The molecule has 1 heterocycles. The molecule has 0 amide bonds. The molecule has 0 saturated heterocycles. The second kappa shape index (κ2) is 5.98. The van der Waals surface area contributed by atoms with Crippen LogP contribution in [-0.2, 0) is 18.3 Å². The van der Waals surface area contributed by atoms with Gasteiger partial charge in [0.2, 0.25) is 0 Å². The molecule has 1 unspecified atom stereocenters. The van der Waals surface area contributed by atoms with Crippen molar-refractivity contribution in [3.8, 4) is 0 Å². The Morgan fingerprint density at radius 2 is 2.31 bits per heavy atom. The lowest BCUT2D eigenvalue weighted by molar-refractivity contribution is 0.0418. The topological polar surface area (TPSA) is 50.5 Å². The van der Waals surface area contributed by atoms with Crippen LogP contribution in [0.4, 0.5) is 0 Å². The van der Waals surface area contributed by atoms with Crippen molar-refractivity contribution >= 4 is 0 Å². The van der Waals surface area contributed by atoms with Gasteiger partial charge in [-0.2, -0.15) is 5.10 Å². The fourth-order valence-electron chi connectivity index (χ4n) is 1.76. The number of aryl methyl sites for hydroxylation is 2. The number of nitrogens with zero attached hydrogens (tertiary/aromatic N) is 3. The highest BCUT2D eigenvalue weighted by Crippen LogP contribution is 2.07. The lowest BCUT2D eigenvalue weighted by atomic mass is 10.2. The number of aromatic nitrogens is 2. The molecule has 0 aliphatic heterocycles. The molecule has 0 aromatic carbocycles. The van der Waals surface area contributed by atoms with Gasteiger partial charge < -0.3 is 9.84 Å². The van der Waals surface area contributed by atoms with Crippen molar-refractivity contribution in [3.05, 3.63) is 17.5 Å². The highest BCUT2D eigenvalue weighted by atomic mass is 16.5.